The molecule has 2 aliphatic rings. The number of piperidine rings is 1. The molecule has 0 saturated carbocycles. The molecule has 8 heteroatoms. The van der Waals surface area contributed by atoms with Crippen molar-refractivity contribution in [3.05, 3.63) is 33.9 Å². The van der Waals surface area contributed by atoms with E-state index in [1.165, 1.54) is 6.07 Å². The zero-order valence-electron chi connectivity index (χ0n) is 14.4. The summed E-state index contributed by atoms with van der Waals surface area (Å²) in [7, 11) is 0. The summed E-state index contributed by atoms with van der Waals surface area (Å²) in [6, 6.07) is 4.91. The van der Waals surface area contributed by atoms with Gasteiger partial charge >= 0.3 is 0 Å². The summed E-state index contributed by atoms with van der Waals surface area (Å²) in [5.41, 5.74) is 1.06. The molecule has 1 aromatic carbocycles. The second kappa shape index (κ2) is 8.49. The number of hydrogen-bond acceptors (Lipinski definition) is 5. The number of amides is 1. The van der Waals surface area contributed by atoms with Gasteiger partial charge in [-0.15, -0.1) is 12.4 Å². The number of benzene rings is 1. The Balaban J connectivity index is 0.00000225. The largest absolute Gasteiger partial charge is 0.366 e. The summed E-state index contributed by atoms with van der Waals surface area (Å²) in [6.45, 7) is 6.66. The summed E-state index contributed by atoms with van der Waals surface area (Å²) in [5, 5.41) is 14.7. The molecule has 1 aromatic rings. The van der Waals surface area contributed by atoms with E-state index in [0.29, 0.717) is 30.3 Å². The fraction of sp³-hybridized carbons (Fsp3) is 0.588. The molecule has 7 nitrogen and oxygen atoms in total. The number of nitrogens with one attached hydrogen (secondary N) is 1. The molecule has 0 bridgehead atoms. The van der Waals surface area contributed by atoms with Crippen LogP contribution in [0.1, 0.15) is 30.1 Å². The Hall–Kier alpha value is -1.86. The van der Waals surface area contributed by atoms with Crippen LogP contribution in [0.2, 0.25) is 0 Å². The van der Waals surface area contributed by atoms with Gasteiger partial charge in [-0.2, -0.15) is 0 Å². The first-order valence-corrected chi connectivity index (χ1v) is 8.59. The minimum Gasteiger partial charge on any atom is -0.366 e. The number of rotatable bonds is 3. The number of carbonyl (C=O) groups is 1. The van der Waals surface area contributed by atoms with Crippen molar-refractivity contribution in [3.63, 3.8) is 0 Å². The first-order chi connectivity index (χ1) is 11.6. The molecule has 1 N–H and O–H groups in total. The Kier molecular flexibility index (Phi) is 6.61. The third kappa shape index (κ3) is 4.41. The van der Waals surface area contributed by atoms with Gasteiger partial charge < -0.3 is 15.1 Å². The monoisotopic (exact) mass is 368 g/mol. The van der Waals surface area contributed by atoms with Crippen molar-refractivity contribution in [1.82, 2.24) is 10.2 Å². The van der Waals surface area contributed by atoms with E-state index in [4.69, 9.17) is 0 Å². The normalized spacial score (nSPS) is 18.6. The first-order valence-electron chi connectivity index (χ1n) is 8.59. The average molecular weight is 369 g/mol. The van der Waals surface area contributed by atoms with Crippen molar-refractivity contribution in [1.29, 1.82) is 0 Å². The van der Waals surface area contributed by atoms with E-state index in [9.17, 15) is 14.9 Å². The Morgan fingerprint density at radius 3 is 2.44 bits per heavy atom. The van der Waals surface area contributed by atoms with Gasteiger partial charge in [0.2, 0.25) is 0 Å². The van der Waals surface area contributed by atoms with Crippen LogP contribution < -0.4 is 10.2 Å². The minimum atomic E-state index is -0.373. The molecule has 0 aromatic heterocycles. The maximum absolute atomic E-state index is 12.6. The number of hydrogen-bond donors (Lipinski definition) is 1. The second-order valence-electron chi connectivity index (χ2n) is 6.67. The van der Waals surface area contributed by atoms with Crippen LogP contribution in [0.25, 0.3) is 0 Å². The van der Waals surface area contributed by atoms with Crippen molar-refractivity contribution < 1.29 is 9.72 Å². The molecular formula is C17H25ClN4O3. The standard InChI is InChI=1S/C17H24N4O3.ClH/c1-13-4-8-19(9-5-13)15-3-2-14(12-16(15)21(23)24)17(22)20-10-6-18-7-11-20;/h2-3,12-13,18H,4-11H2,1H3;1H. The number of nitrogens with zero attached hydrogens (tertiary/aromatic N) is 3. The molecule has 138 valence electrons. The van der Waals surface area contributed by atoms with Gasteiger partial charge in [0.05, 0.1) is 4.92 Å². The van der Waals surface area contributed by atoms with E-state index in [1.807, 2.05) is 0 Å². The SMILES string of the molecule is CC1CCN(c2ccc(C(=O)N3CCNCC3)cc2[N+](=O)[O-])CC1.Cl. The second-order valence-corrected chi connectivity index (χ2v) is 6.67. The van der Waals surface area contributed by atoms with E-state index >= 15 is 0 Å². The van der Waals surface area contributed by atoms with E-state index in [1.54, 1.807) is 17.0 Å². The summed E-state index contributed by atoms with van der Waals surface area (Å²) in [5.74, 6) is 0.535. The van der Waals surface area contributed by atoms with Gasteiger partial charge in [-0.25, -0.2) is 0 Å². The molecule has 3 rings (SSSR count). The van der Waals surface area contributed by atoms with Crippen LogP contribution in [0, 0.1) is 16.0 Å². The van der Waals surface area contributed by atoms with E-state index < -0.39 is 0 Å². The Morgan fingerprint density at radius 2 is 1.84 bits per heavy atom. The van der Waals surface area contributed by atoms with Gasteiger partial charge in [0.1, 0.15) is 5.69 Å². The van der Waals surface area contributed by atoms with Gasteiger partial charge in [0, 0.05) is 50.9 Å². The van der Waals surface area contributed by atoms with Crippen LogP contribution in [0.15, 0.2) is 18.2 Å². The Bertz CT molecular complexity index is 626. The maximum atomic E-state index is 12.6. The molecule has 2 aliphatic heterocycles. The van der Waals surface area contributed by atoms with E-state index in [0.717, 1.165) is 39.0 Å². The number of piperazine rings is 1. The number of nitro groups is 1. The molecule has 0 atom stereocenters. The van der Waals surface area contributed by atoms with Crippen molar-refractivity contribution in [3.8, 4) is 0 Å². The fourth-order valence-corrected chi connectivity index (χ4v) is 3.37. The van der Waals surface area contributed by atoms with E-state index in [2.05, 4.69) is 17.1 Å². The molecule has 2 fully saturated rings. The lowest BCUT2D eigenvalue weighted by Crippen LogP contribution is -2.46. The minimum absolute atomic E-state index is 0. The van der Waals surface area contributed by atoms with Crippen LogP contribution in [-0.2, 0) is 0 Å². The summed E-state index contributed by atoms with van der Waals surface area (Å²) in [6.07, 6.45) is 2.08. The molecular weight excluding hydrogens is 344 g/mol. The summed E-state index contributed by atoms with van der Waals surface area (Å²) < 4.78 is 0. The summed E-state index contributed by atoms with van der Waals surface area (Å²) >= 11 is 0. The van der Waals surface area contributed by atoms with Gasteiger partial charge in [-0.05, 0) is 30.9 Å². The van der Waals surface area contributed by atoms with Crippen molar-refractivity contribution >= 4 is 29.7 Å². The highest BCUT2D eigenvalue weighted by Crippen LogP contribution is 2.32. The summed E-state index contributed by atoms with van der Waals surface area (Å²) in [4.78, 5) is 27.5. The van der Waals surface area contributed by atoms with Crippen LogP contribution in [-0.4, -0.2) is 55.0 Å². The van der Waals surface area contributed by atoms with Gasteiger partial charge in [0.25, 0.3) is 11.6 Å². The van der Waals surface area contributed by atoms with Crippen LogP contribution >= 0.6 is 12.4 Å². The molecule has 25 heavy (non-hydrogen) atoms. The predicted octanol–water partition coefficient (Wildman–Crippen LogP) is 2.30. The molecule has 0 radical (unpaired) electrons. The Morgan fingerprint density at radius 1 is 1.20 bits per heavy atom. The quantitative estimate of drug-likeness (QED) is 0.654. The van der Waals surface area contributed by atoms with Crippen molar-refractivity contribution in [2.45, 2.75) is 19.8 Å². The first kappa shape index (κ1) is 19.5. The fourth-order valence-electron chi connectivity index (χ4n) is 3.37. The zero-order chi connectivity index (χ0) is 17.1. The maximum Gasteiger partial charge on any atom is 0.293 e. The molecule has 0 aliphatic carbocycles. The highest BCUT2D eigenvalue weighted by atomic mass is 35.5. The number of anilines is 1. The van der Waals surface area contributed by atoms with Gasteiger partial charge in [0.15, 0.2) is 0 Å². The molecule has 0 unspecified atom stereocenters. The smallest absolute Gasteiger partial charge is 0.293 e. The molecule has 0 spiro atoms. The molecule has 2 saturated heterocycles. The lowest BCUT2D eigenvalue weighted by molar-refractivity contribution is -0.384. The third-order valence-electron chi connectivity index (χ3n) is 4.95. The topological polar surface area (TPSA) is 78.7 Å². The predicted molar refractivity (Wildman–Crippen MR) is 99.7 cm³/mol. The highest BCUT2D eigenvalue weighted by Gasteiger charge is 2.26. The van der Waals surface area contributed by atoms with E-state index in [-0.39, 0.29) is 28.9 Å². The third-order valence-corrected chi connectivity index (χ3v) is 4.95. The van der Waals surface area contributed by atoms with Crippen molar-refractivity contribution in [2.75, 3.05) is 44.2 Å². The van der Waals surface area contributed by atoms with Crippen molar-refractivity contribution in [2.24, 2.45) is 5.92 Å². The lowest BCUT2D eigenvalue weighted by Gasteiger charge is -2.32. The molecule has 1 amide bonds. The number of halogens is 1. The van der Waals surface area contributed by atoms with Crippen LogP contribution in [0.3, 0.4) is 0 Å². The van der Waals surface area contributed by atoms with Crippen LogP contribution in [0.4, 0.5) is 11.4 Å². The number of nitro benzene ring substituents is 1. The zero-order valence-corrected chi connectivity index (χ0v) is 15.3. The van der Waals surface area contributed by atoms with Gasteiger partial charge in [-0.3, -0.25) is 14.9 Å². The highest BCUT2D eigenvalue weighted by molar-refractivity contribution is 5.96. The van der Waals surface area contributed by atoms with Gasteiger partial charge in [-0.1, -0.05) is 6.92 Å². The lowest BCUT2D eigenvalue weighted by atomic mass is 9.98. The number of carbonyl (C=O) groups excluding carboxylic acids is 1. The molecule has 2 heterocycles. The Labute approximate surface area is 153 Å². The van der Waals surface area contributed by atoms with Crippen LogP contribution in [0.5, 0.6) is 0 Å². The average Bonchev–Trinajstić information content (AvgIpc) is 2.62.